The van der Waals surface area contributed by atoms with Crippen molar-refractivity contribution < 1.29 is 4.79 Å². The predicted octanol–water partition coefficient (Wildman–Crippen LogP) is 3.38. The largest absolute Gasteiger partial charge is 0.346 e. The van der Waals surface area contributed by atoms with Crippen molar-refractivity contribution in [2.75, 3.05) is 19.6 Å². The number of aromatic nitrogens is 4. The number of carbonyl (C=O) groups is 1. The van der Waals surface area contributed by atoms with Gasteiger partial charge < -0.3 is 15.2 Å². The van der Waals surface area contributed by atoms with Crippen LogP contribution >= 0.6 is 0 Å². The molecule has 2 N–H and O–H groups in total. The van der Waals surface area contributed by atoms with Gasteiger partial charge in [0.15, 0.2) is 0 Å². The second kappa shape index (κ2) is 6.08. The number of nitrogens with one attached hydrogen (secondary N) is 2. The van der Waals surface area contributed by atoms with Crippen molar-refractivity contribution >= 4 is 17.1 Å². The Morgan fingerprint density at radius 1 is 1.31 bits per heavy atom. The van der Waals surface area contributed by atoms with Crippen LogP contribution in [0.15, 0.2) is 24.5 Å². The molecule has 150 valence electrons. The van der Waals surface area contributed by atoms with Crippen molar-refractivity contribution in [1.29, 1.82) is 0 Å². The van der Waals surface area contributed by atoms with Gasteiger partial charge in [-0.3, -0.25) is 4.68 Å². The van der Waals surface area contributed by atoms with Crippen molar-refractivity contribution in [3.8, 4) is 11.3 Å². The van der Waals surface area contributed by atoms with E-state index in [1.54, 1.807) is 0 Å². The van der Waals surface area contributed by atoms with Gasteiger partial charge in [-0.25, -0.2) is 9.78 Å². The molecule has 1 saturated heterocycles. The number of hydrogen-bond donors (Lipinski definition) is 2. The highest BCUT2D eigenvalue weighted by atomic mass is 16.2. The summed E-state index contributed by atoms with van der Waals surface area (Å²) in [5.41, 5.74) is 5.75. The van der Waals surface area contributed by atoms with Crippen LogP contribution in [0.1, 0.15) is 49.8 Å². The van der Waals surface area contributed by atoms with Gasteiger partial charge in [0.05, 0.1) is 5.69 Å². The molecular weight excluding hydrogens is 364 g/mol. The third-order valence-corrected chi connectivity index (χ3v) is 6.97. The minimum absolute atomic E-state index is 0.0428. The lowest BCUT2D eigenvalue weighted by Gasteiger charge is -2.23. The Morgan fingerprint density at radius 2 is 2.17 bits per heavy atom. The third-order valence-electron chi connectivity index (χ3n) is 6.97. The number of amides is 2. The van der Waals surface area contributed by atoms with Gasteiger partial charge in [0.25, 0.3) is 0 Å². The van der Waals surface area contributed by atoms with E-state index in [1.807, 2.05) is 18.0 Å². The van der Waals surface area contributed by atoms with Crippen LogP contribution in [0.4, 0.5) is 4.79 Å². The zero-order valence-electron chi connectivity index (χ0n) is 16.7. The maximum absolute atomic E-state index is 12.3. The molecule has 1 saturated carbocycles. The molecule has 3 aromatic heterocycles. The zero-order valence-corrected chi connectivity index (χ0v) is 16.7. The molecule has 1 atom stereocenters. The molecule has 3 aliphatic rings. The second-order valence-corrected chi connectivity index (χ2v) is 8.81. The maximum Gasteiger partial charge on any atom is 0.317 e. The van der Waals surface area contributed by atoms with Crippen molar-refractivity contribution in [2.24, 2.45) is 0 Å². The van der Waals surface area contributed by atoms with Crippen LogP contribution in [-0.2, 0) is 12.0 Å². The standard InChI is InChI=1S/C22H26N6O/c1-2-23-21(29)27-7-5-22(13-27)6-8-28-19(22)10-18(26-28)15-9-16-17(14-3-4-14)12-25-20(16)24-11-15/h9-12,14H,2-8,13H2,1H3,(H,23,29)(H,24,25). The average Bonchev–Trinajstić information content (AvgIpc) is 3.11. The Bertz CT molecular complexity index is 1110. The highest BCUT2D eigenvalue weighted by molar-refractivity contribution is 5.85. The molecule has 0 radical (unpaired) electrons. The fraction of sp³-hybridized carbons (Fsp3) is 0.500. The number of pyridine rings is 1. The van der Waals surface area contributed by atoms with Gasteiger partial charge in [-0.1, -0.05) is 0 Å². The first-order valence-electron chi connectivity index (χ1n) is 10.8. The molecule has 1 unspecified atom stereocenters. The number of fused-ring (bicyclic) bond motifs is 3. The van der Waals surface area contributed by atoms with E-state index in [0.29, 0.717) is 12.5 Å². The summed E-state index contributed by atoms with van der Waals surface area (Å²) in [4.78, 5) is 22.2. The van der Waals surface area contributed by atoms with Crippen LogP contribution in [-0.4, -0.2) is 50.3 Å². The van der Waals surface area contributed by atoms with Crippen molar-refractivity contribution in [3.63, 3.8) is 0 Å². The summed E-state index contributed by atoms with van der Waals surface area (Å²) < 4.78 is 2.15. The molecule has 7 nitrogen and oxygen atoms in total. The molecule has 2 fully saturated rings. The monoisotopic (exact) mass is 390 g/mol. The minimum Gasteiger partial charge on any atom is -0.346 e. The van der Waals surface area contributed by atoms with Crippen LogP contribution in [0.5, 0.6) is 0 Å². The summed E-state index contributed by atoms with van der Waals surface area (Å²) in [7, 11) is 0. The summed E-state index contributed by atoms with van der Waals surface area (Å²) in [5.74, 6) is 0.690. The fourth-order valence-electron chi connectivity index (χ4n) is 5.22. The van der Waals surface area contributed by atoms with E-state index < -0.39 is 0 Å². The first-order valence-corrected chi connectivity index (χ1v) is 10.8. The van der Waals surface area contributed by atoms with E-state index in [1.165, 1.54) is 29.5 Å². The van der Waals surface area contributed by atoms with Gasteiger partial charge in [0.2, 0.25) is 0 Å². The van der Waals surface area contributed by atoms with E-state index in [4.69, 9.17) is 5.10 Å². The Morgan fingerprint density at radius 3 is 3.00 bits per heavy atom. The number of urea groups is 1. The summed E-state index contributed by atoms with van der Waals surface area (Å²) in [6, 6.07) is 4.53. The minimum atomic E-state index is 0.0428. The molecular formula is C22H26N6O. The molecule has 3 aromatic rings. The van der Waals surface area contributed by atoms with Crippen LogP contribution in [0, 0.1) is 0 Å². The summed E-state index contributed by atoms with van der Waals surface area (Å²) in [5, 5.41) is 9.08. The molecule has 0 aromatic carbocycles. The van der Waals surface area contributed by atoms with E-state index >= 15 is 0 Å². The van der Waals surface area contributed by atoms with E-state index in [0.717, 1.165) is 49.4 Å². The van der Waals surface area contributed by atoms with Crippen molar-refractivity contribution in [1.82, 2.24) is 30.0 Å². The lowest BCUT2D eigenvalue weighted by atomic mass is 9.82. The van der Waals surface area contributed by atoms with Gasteiger partial charge >= 0.3 is 6.03 Å². The van der Waals surface area contributed by atoms with Crippen molar-refractivity contribution in [3.05, 3.63) is 35.8 Å². The first kappa shape index (κ1) is 17.1. The van der Waals surface area contributed by atoms with Crippen LogP contribution in [0.25, 0.3) is 22.3 Å². The highest BCUT2D eigenvalue weighted by Crippen LogP contribution is 2.45. The quantitative estimate of drug-likeness (QED) is 0.720. The molecule has 29 heavy (non-hydrogen) atoms. The number of hydrogen-bond acceptors (Lipinski definition) is 3. The zero-order chi connectivity index (χ0) is 19.6. The van der Waals surface area contributed by atoms with Crippen molar-refractivity contribution in [2.45, 2.75) is 50.5 Å². The molecule has 5 heterocycles. The number of aromatic amines is 1. The highest BCUT2D eigenvalue weighted by Gasteiger charge is 2.46. The number of H-pyrrole nitrogens is 1. The Hall–Kier alpha value is -2.83. The molecule has 0 bridgehead atoms. The summed E-state index contributed by atoms with van der Waals surface area (Å²) in [6.45, 7) is 5.15. The molecule has 7 heteroatoms. The van der Waals surface area contributed by atoms with E-state index in [2.05, 4.69) is 38.3 Å². The normalized spacial score (nSPS) is 23.3. The van der Waals surface area contributed by atoms with Crippen LogP contribution < -0.4 is 5.32 Å². The fourth-order valence-corrected chi connectivity index (χ4v) is 5.22. The summed E-state index contributed by atoms with van der Waals surface area (Å²) in [6.07, 6.45) is 8.68. The van der Waals surface area contributed by atoms with Gasteiger partial charge in [0.1, 0.15) is 5.65 Å². The molecule has 2 aliphatic heterocycles. The van der Waals surface area contributed by atoms with Gasteiger partial charge in [-0.05, 0) is 56.2 Å². The lowest BCUT2D eigenvalue weighted by Crippen LogP contribution is -2.40. The average molecular weight is 390 g/mol. The van der Waals surface area contributed by atoms with E-state index in [-0.39, 0.29) is 11.4 Å². The smallest absolute Gasteiger partial charge is 0.317 e. The van der Waals surface area contributed by atoms with Gasteiger partial charge in [-0.2, -0.15) is 5.10 Å². The van der Waals surface area contributed by atoms with Gasteiger partial charge in [-0.15, -0.1) is 0 Å². The maximum atomic E-state index is 12.3. The third kappa shape index (κ3) is 2.59. The van der Waals surface area contributed by atoms with Crippen LogP contribution in [0.3, 0.4) is 0 Å². The van der Waals surface area contributed by atoms with Gasteiger partial charge in [0, 0.05) is 60.6 Å². The topological polar surface area (TPSA) is 78.8 Å². The van der Waals surface area contributed by atoms with E-state index in [9.17, 15) is 4.79 Å². The molecule has 6 rings (SSSR count). The first-order chi connectivity index (χ1) is 14.2. The number of rotatable bonds is 3. The SMILES string of the molecule is CCNC(=O)N1CCC2(CCn3nc(-c4cnc5[nH]cc(C6CC6)c5c4)cc32)C1. The number of aryl methyl sites for hydroxylation is 1. The number of carbonyl (C=O) groups excluding carboxylic acids is 1. The van der Waals surface area contributed by atoms with Crippen LogP contribution in [0.2, 0.25) is 0 Å². The Labute approximate surface area is 169 Å². The Balaban J connectivity index is 1.33. The predicted molar refractivity (Wildman–Crippen MR) is 111 cm³/mol. The molecule has 1 aliphatic carbocycles. The second-order valence-electron chi connectivity index (χ2n) is 8.81. The summed E-state index contributed by atoms with van der Waals surface area (Å²) >= 11 is 0. The lowest BCUT2D eigenvalue weighted by molar-refractivity contribution is 0.206. The Kier molecular flexibility index (Phi) is 3.58. The molecule has 1 spiro atoms. The number of likely N-dealkylation sites (tertiary alicyclic amines) is 1. The molecule has 2 amide bonds. The number of nitrogens with zero attached hydrogens (tertiary/aromatic N) is 4.